The Morgan fingerprint density at radius 1 is 1.03 bits per heavy atom. The van der Waals surface area contributed by atoms with Gasteiger partial charge in [0.2, 0.25) is 0 Å². The number of hydrogen-bond donors (Lipinski definition) is 1. The van der Waals surface area contributed by atoms with Crippen LogP contribution in [0.3, 0.4) is 0 Å². The molecule has 0 atom stereocenters. The molecule has 1 N–H and O–H groups in total. The van der Waals surface area contributed by atoms with Crippen LogP contribution in [0.15, 0.2) is 78.4 Å². The van der Waals surface area contributed by atoms with Gasteiger partial charge in [-0.15, -0.1) is 0 Å². The molecule has 0 spiro atoms. The second kappa shape index (κ2) is 9.79. The Labute approximate surface area is 179 Å². The van der Waals surface area contributed by atoms with Crippen LogP contribution < -0.4 is 10.1 Å². The van der Waals surface area contributed by atoms with E-state index < -0.39 is 5.91 Å². The van der Waals surface area contributed by atoms with Crippen LogP contribution in [0.5, 0.6) is 5.75 Å². The Hall–Kier alpha value is -3.26. The number of nitrogens with zero attached hydrogens (tertiary/aromatic N) is 1. The fourth-order valence-electron chi connectivity index (χ4n) is 2.51. The predicted octanol–water partition coefficient (Wildman–Crippen LogP) is 6.12. The molecule has 0 saturated carbocycles. The Kier molecular flexibility index (Phi) is 6.91. The van der Waals surface area contributed by atoms with Gasteiger partial charge in [0, 0.05) is 10.7 Å². The molecule has 0 aliphatic rings. The third kappa shape index (κ3) is 5.86. The van der Waals surface area contributed by atoms with Gasteiger partial charge in [0.15, 0.2) is 0 Å². The normalized spacial score (nSPS) is 10.9. The van der Waals surface area contributed by atoms with E-state index in [1.165, 1.54) is 6.08 Å². The minimum Gasteiger partial charge on any atom is -0.487 e. The predicted molar refractivity (Wildman–Crippen MR) is 116 cm³/mol. The zero-order valence-corrected chi connectivity index (χ0v) is 16.7. The van der Waals surface area contributed by atoms with Crippen molar-refractivity contribution in [2.75, 3.05) is 5.32 Å². The summed E-state index contributed by atoms with van der Waals surface area (Å²) in [6.07, 6.45) is 1.47. The average Bonchev–Trinajstić information content (AvgIpc) is 2.73. The lowest BCUT2D eigenvalue weighted by molar-refractivity contribution is -0.112. The van der Waals surface area contributed by atoms with E-state index in [9.17, 15) is 10.1 Å². The maximum Gasteiger partial charge on any atom is 0.266 e. The maximum atomic E-state index is 12.4. The minimum absolute atomic E-state index is 0.0472. The molecular weight excluding hydrogens is 407 g/mol. The first-order chi connectivity index (χ1) is 14.0. The first-order valence-corrected chi connectivity index (χ1v) is 9.46. The summed E-state index contributed by atoms with van der Waals surface area (Å²) >= 11 is 12.1. The molecule has 6 heteroatoms. The van der Waals surface area contributed by atoms with Crippen LogP contribution >= 0.6 is 23.2 Å². The molecule has 0 heterocycles. The molecule has 0 bridgehead atoms. The fraction of sp³-hybridized carbons (Fsp3) is 0.0435. The molecule has 3 aromatic rings. The van der Waals surface area contributed by atoms with Crippen LogP contribution in [0.4, 0.5) is 5.69 Å². The van der Waals surface area contributed by atoms with Crippen molar-refractivity contribution in [3.05, 3.63) is 99.5 Å². The van der Waals surface area contributed by atoms with Crippen molar-refractivity contribution < 1.29 is 9.53 Å². The van der Waals surface area contributed by atoms with Crippen molar-refractivity contribution in [1.29, 1.82) is 5.26 Å². The number of carbonyl (C=O) groups is 1. The molecule has 1 amide bonds. The van der Waals surface area contributed by atoms with Crippen molar-refractivity contribution >= 4 is 40.9 Å². The van der Waals surface area contributed by atoms with E-state index in [2.05, 4.69) is 5.32 Å². The summed E-state index contributed by atoms with van der Waals surface area (Å²) in [5.41, 5.74) is 2.14. The molecule has 3 rings (SSSR count). The van der Waals surface area contributed by atoms with Crippen LogP contribution in [0.25, 0.3) is 6.08 Å². The number of ether oxygens (including phenoxy) is 1. The smallest absolute Gasteiger partial charge is 0.266 e. The highest BCUT2D eigenvalue weighted by Gasteiger charge is 2.11. The minimum atomic E-state index is -0.518. The molecule has 3 aromatic carbocycles. The van der Waals surface area contributed by atoms with Gasteiger partial charge in [-0.1, -0.05) is 59.6 Å². The average molecular weight is 423 g/mol. The number of halogens is 2. The number of carbonyl (C=O) groups excluding carboxylic acids is 1. The van der Waals surface area contributed by atoms with Crippen LogP contribution in [-0.4, -0.2) is 5.91 Å². The summed E-state index contributed by atoms with van der Waals surface area (Å²) in [6.45, 7) is 0.392. The summed E-state index contributed by atoms with van der Waals surface area (Å²) < 4.78 is 5.74. The molecule has 0 saturated heterocycles. The summed E-state index contributed by atoms with van der Waals surface area (Å²) in [6, 6.07) is 23.4. The zero-order valence-electron chi connectivity index (χ0n) is 15.2. The third-order valence-electron chi connectivity index (χ3n) is 3.97. The molecule has 0 unspecified atom stereocenters. The van der Waals surface area contributed by atoms with Crippen molar-refractivity contribution in [3.63, 3.8) is 0 Å². The molecule has 29 heavy (non-hydrogen) atoms. The summed E-state index contributed by atoms with van der Waals surface area (Å²) in [5, 5.41) is 13.0. The second-order valence-corrected chi connectivity index (χ2v) is 6.94. The van der Waals surface area contributed by atoms with Crippen LogP contribution in [0.2, 0.25) is 10.0 Å². The fourth-order valence-corrected chi connectivity index (χ4v) is 2.88. The Bertz CT molecular complexity index is 1070. The first kappa shape index (κ1) is 20.5. The van der Waals surface area contributed by atoms with Crippen molar-refractivity contribution in [2.24, 2.45) is 0 Å². The number of anilines is 1. The number of nitriles is 1. The SMILES string of the molecule is N#C/C(=C\c1ccc(OCc2ccccc2)c(Cl)c1)C(=O)Nc1ccc(Cl)cc1. The van der Waals surface area contributed by atoms with Gasteiger partial charge >= 0.3 is 0 Å². The van der Waals surface area contributed by atoms with Crippen molar-refractivity contribution in [3.8, 4) is 11.8 Å². The van der Waals surface area contributed by atoms with Gasteiger partial charge < -0.3 is 10.1 Å². The Balaban J connectivity index is 1.70. The lowest BCUT2D eigenvalue weighted by Crippen LogP contribution is -2.13. The van der Waals surface area contributed by atoms with E-state index >= 15 is 0 Å². The van der Waals surface area contributed by atoms with Crippen LogP contribution in [-0.2, 0) is 11.4 Å². The summed E-state index contributed by atoms with van der Waals surface area (Å²) in [4.78, 5) is 12.4. The number of benzene rings is 3. The van der Waals surface area contributed by atoms with E-state index in [4.69, 9.17) is 27.9 Å². The highest BCUT2D eigenvalue weighted by Crippen LogP contribution is 2.27. The third-order valence-corrected chi connectivity index (χ3v) is 4.52. The van der Waals surface area contributed by atoms with Gasteiger partial charge in [0.25, 0.3) is 5.91 Å². The van der Waals surface area contributed by atoms with Gasteiger partial charge in [-0.2, -0.15) is 5.26 Å². The van der Waals surface area contributed by atoms with Crippen LogP contribution in [0.1, 0.15) is 11.1 Å². The number of nitrogens with one attached hydrogen (secondary N) is 1. The standard InChI is InChI=1S/C23H16Cl2N2O2/c24-19-7-9-20(10-8-19)27-23(28)18(14-26)12-17-6-11-22(21(25)13-17)29-15-16-4-2-1-3-5-16/h1-13H,15H2,(H,27,28)/b18-12+. The zero-order chi connectivity index (χ0) is 20.6. The van der Waals surface area contributed by atoms with E-state index in [0.717, 1.165) is 5.56 Å². The molecule has 0 aliphatic heterocycles. The van der Waals surface area contributed by atoms with Crippen molar-refractivity contribution in [1.82, 2.24) is 0 Å². The quantitative estimate of drug-likeness (QED) is 0.384. The second-order valence-electron chi connectivity index (χ2n) is 6.09. The topological polar surface area (TPSA) is 62.1 Å². The van der Waals surface area contributed by atoms with Gasteiger partial charge in [0.1, 0.15) is 24.0 Å². The van der Waals surface area contributed by atoms with Gasteiger partial charge in [-0.25, -0.2) is 0 Å². The lowest BCUT2D eigenvalue weighted by Gasteiger charge is -2.09. The molecule has 4 nitrogen and oxygen atoms in total. The molecule has 0 fully saturated rings. The Morgan fingerprint density at radius 3 is 2.41 bits per heavy atom. The first-order valence-electron chi connectivity index (χ1n) is 8.70. The monoisotopic (exact) mass is 422 g/mol. The highest BCUT2D eigenvalue weighted by molar-refractivity contribution is 6.32. The number of amides is 1. The number of hydrogen-bond acceptors (Lipinski definition) is 3. The lowest BCUT2D eigenvalue weighted by atomic mass is 10.1. The van der Waals surface area contributed by atoms with Gasteiger partial charge in [-0.05, 0) is 53.6 Å². The molecule has 0 radical (unpaired) electrons. The molecule has 144 valence electrons. The van der Waals surface area contributed by atoms with E-state index in [1.54, 1.807) is 42.5 Å². The Morgan fingerprint density at radius 2 is 1.76 bits per heavy atom. The molecular formula is C23H16Cl2N2O2. The van der Waals surface area contributed by atoms with E-state index in [1.807, 2.05) is 36.4 Å². The van der Waals surface area contributed by atoms with Crippen LogP contribution in [0, 0.1) is 11.3 Å². The molecule has 0 aromatic heterocycles. The largest absolute Gasteiger partial charge is 0.487 e. The highest BCUT2D eigenvalue weighted by atomic mass is 35.5. The number of rotatable bonds is 6. The van der Waals surface area contributed by atoms with Gasteiger partial charge in [0.05, 0.1) is 5.02 Å². The van der Waals surface area contributed by atoms with Gasteiger partial charge in [-0.3, -0.25) is 4.79 Å². The van der Waals surface area contributed by atoms with E-state index in [0.29, 0.717) is 33.7 Å². The summed E-state index contributed by atoms with van der Waals surface area (Å²) in [7, 11) is 0. The van der Waals surface area contributed by atoms with E-state index in [-0.39, 0.29) is 5.57 Å². The summed E-state index contributed by atoms with van der Waals surface area (Å²) in [5.74, 6) is 0.00661. The molecule has 0 aliphatic carbocycles. The maximum absolute atomic E-state index is 12.4. The van der Waals surface area contributed by atoms with Crippen molar-refractivity contribution in [2.45, 2.75) is 6.61 Å².